The van der Waals surface area contributed by atoms with E-state index < -0.39 is 0 Å². The molecular formula is C15H18Cl2N2. The van der Waals surface area contributed by atoms with Crippen LogP contribution in [0.3, 0.4) is 0 Å². The summed E-state index contributed by atoms with van der Waals surface area (Å²) in [6.45, 7) is 4.18. The largest absolute Gasteiger partial charge is 0.298 e. The van der Waals surface area contributed by atoms with Gasteiger partial charge in [0.25, 0.3) is 0 Å². The van der Waals surface area contributed by atoms with Crippen LogP contribution in [-0.4, -0.2) is 9.55 Å². The molecule has 0 spiro atoms. The van der Waals surface area contributed by atoms with Gasteiger partial charge in [-0.15, -0.1) is 11.6 Å². The van der Waals surface area contributed by atoms with Crippen LogP contribution in [-0.2, 0) is 12.3 Å². The van der Waals surface area contributed by atoms with Gasteiger partial charge in [-0.05, 0) is 25.5 Å². The molecule has 1 heterocycles. The molecular weight excluding hydrogens is 279 g/mol. The van der Waals surface area contributed by atoms with E-state index in [0.717, 1.165) is 47.2 Å². The van der Waals surface area contributed by atoms with Crippen LogP contribution < -0.4 is 0 Å². The number of alkyl halides is 1. The number of para-hydroxylation sites is 1. The fourth-order valence-corrected chi connectivity index (χ4v) is 2.74. The van der Waals surface area contributed by atoms with E-state index in [0.29, 0.717) is 5.88 Å². The summed E-state index contributed by atoms with van der Waals surface area (Å²) < 4.78 is 2.11. The third-order valence-electron chi connectivity index (χ3n) is 3.22. The summed E-state index contributed by atoms with van der Waals surface area (Å²) in [5.41, 5.74) is 2.98. The number of halogens is 2. The van der Waals surface area contributed by atoms with Crippen molar-refractivity contribution >= 4 is 23.2 Å². The Morgan fingerprint density at radius 1 is 1.26 bits per heavy atom. The molecule has 0 bridgehead atoms. The Kier molecular flexibility index (Phi) is 4.89. The molecule has 2 nitrogen and oxygen atoms in total. The van der Waals surface area contributed by atoms with E-state index in [2.05, 4.69) is 16.5 Å². The lowest BCUT2D eigenvalue weighted by molar-refractivity contribution is 0.734. The molecule has 0 saturated carbocycles. The Morgan fingerprint density at radius 2 is 2.00 bits per heavy atom. The van der Waals surface area contributed by atoms with E-state index in [1.807, 2.05) is 31.2 Å². The van der Waals surface area contributed by atoms with Crippen molar-refractivity contribution in [1.29, 1.82) is 0 Å². The highest BCUT2D eigenvalue weighted by Gasteiger charge is 2.16. The number of imidazole rings is 1. The van der Waals surface area contributed by atoms with Crippen LogP contribution in [0.5, 0.6) is 0 Å². The SMILES string of the molecule is CCCCc1nc(C)c(CCl)n1-c1ccccc1Cl. The Labute approximate surface area is 124 Å². The first-order valence-electron chi connectivity index (χ1n) is 6.57. The second kappa shape index (κ2) is 6.44. The average Bonchev–Trinajstić information content (AvgIpc) is 2.72. The van der Waals surface area contributed by atoms with Crippen LogP contribution >= 0.6 is 23.2 Å². The summed E-state index contributed by atoms with van der Waals surface area (Å²) in [5, 5.41) is 0.726. The van der Waals surface area contributed by atoms with Gasteiger partial charge >= 0.3 is 0 Å². The smallest absolute Gasteiger partial charge is 0.113 e. The van der Waals surface area contributed by atoms with Crippen molar-refractivity contribution in [2.75, 3.05) is 0 Å². The summed E-state index contributed by atoms with van der Waals surface area (Å²) >= 11 is 12.4. The number of hydrogen-bond donors (Lipinski definition) is 0. The van der Waals surface area contributed by atoms with Crippen LogP contribution in [0.15, 0.2) is 24.3 Å². The molecule has 0 aliphatic carbocycles. The lowest BCUT2D eigenvalue weighted by Gasteiger charge is -2.12. The van der Waals surface area contributed by atoms with Crippen LogP contribution in [0, 0.1) is 6.92 Å². The second-order valence-corrected chi connectivity index (χ2v) is 5.26. The van der Waals surface area contributed by atoms with Gasteiger partial charge in [0, 0.05) is 6.42 Å². The standard InChI is InChI=1S/C15H18Cl2N2/c1-3-4-9-15-18-11(2)14(10-16)19(15)13-8-6-5-7-12(13)17/h5-8H,3-4,9-10H2,1-2H3. The molecule has 4 heteroatoms. The van der Waals surface area contributed by atoms with Gasteiger partial charge in [0.05, 0.1) is 28.0 Å². The van der Waals surface area contributed by atoms with Gasteiger partial charge in [0.2, 0.25) is 0 Å². The minimum atomic E-state index is 0.441. The third-order valence-corrected chi connectivity index (χ3v) is 3.79. The van der Waals surface area contributed by atoms with E-state index in [1.165, 1.54) is 0 Å². The molecule has 0 atom stereocenters. The molecule has 0 amide bonds. The van der Waals surface area contributed by atoms with Crippen LogP contribution in [0.25, 0.3) is 5.69 Å². The molecule has 0 aliphatic heterocycles. The Morgan fingerprint density at radius 3 is 2.63 bits per heavy atom. The number of rotatable bonds is 5. The molecule has 0 N–H and O–H groups in total. The van der Waals surface area contributed by atoms with E-state index >= 15 is 0 Å². The Balaban J connectivity index is 2.56. The maximum absolute atomic E-state index is 6.31. The zero-order chi connectivity index (χ0) is 13.8. The molecule has 0 aliphatic rings. The lowest BCUT2D eigenvalue weighted by Crippen LogP contribution is -2.05. The fourth-order valence-electron chi connectivity index (χ4n) is 2.20. The quantitative estimate of drug-likeness (QED) is 0.717. The fraction of sp³-hybridized carbons (Fsp3) is 0.400. The van der Waals surface area contributed by atoms with Gasteiger partial charge in [0.1, 0.15) is 5.82 Å². The molecule has 102 valence electrons. The first-order chi connectivity index (χ1) is 9.19. The zero-order valence-corrected chi connectivity index (χ0v) is 12.8. The molecule has 0 radical (unpaired) electrons. The molecule has 0 saturated heterocycles. The molecule has 1 aromatic carbocycles. The lowest BCUT2D eigenvalue weighted by atomic mass is 10.2. The molecule has 0 unspecified atom stereocenters. The summed E-state index contributed by atoms with van der Waals surface area (Å²) in [6.07, 6.45) is 3.20. The highest BCUT2D eigenvalue weighted by Crippen LogP contribution is 2.26. The summed E-state index contributed by atoms with van der Waals surface area (Å²) in [5.74, 6) is 1.49. The van der Waals surface area contributed by atoms with E-state index in [4.69, 9.17) is 23.2 Å². The predicted molar refractivity (Wildman–Crippen MR) is 81.5 cm³/mol. The van der Waals surface area contributed by atoms with E-state index in [1.54, 1.807) is 0 Å². The topological polar surface area (TPSA) is 17.8 Å². The van der Waals surface area contributed by atoms with Crippen molar-refractivity contribution < 1.29 is 0 Å². The van der Waals surface area contributed by atoms with Gasteiger partial charge in [-0.3, -0.25) is 4.57 Å². The minimum absolute atomic E-state index is 0.441. The highest BCUT2D eigenvalue weighted by atomic mass is 35.5. The number of aromatic nitrogens is 2. The molecule has 0 fully saturated rings. The molecule has 19 heavy (non-hydrogen) atoms. The minimum Gasteiger partial charge on any atom is -0.298 e. The number of benzene rings is 1. The molecule has 1 aromatic heterocycles. The van der Waals surface area contributed by atoms with Gasteiger partial charge in [-0.1, -0.05) is 37.1 Å². The predicted octanol–water partition coefficient (Wildman–Crippen LogP) is 4.92. The first kappa shape index (κ1) is 14.4. The Bertz CT molecular complexity index is 561. The van der Waals surface area contributed by atoms with Gasteiger partial charge in [-0.25, -0.2) is 4.98 Å². The summed E-state index contributed by atoms with van der Waals surface area (Å²) in [7, 11) is 0. The average molecular weight is 297 g/mol. The first-order valence-corrected chi connectivity index (χ1v) is 7.48. The van der Waals surface area contributed by atoms with Crippen LogP contribution in [0.2, 0.25) is 5.02 Å². The van der Waals surface area contributed by atoms with Crippen molar-refractivity contribution in [3.05, 3.63) is 46.5 Å². The van der Waals surface area contributed by atoms with E-state index in [9.17, 15) is 0 Å². The Hall–Kier alpha value is -0.990. The van der Waals surface area contributed by atoms with Crippen LogP contribution in [0.1, 0.15) is 37.0 Å². The van der Waals surface area contributed by atoms with Crippen molar-refractivity contribution in [3.63, 3.8) is 0 Å². The maximum Gasteiger partial charge on any atom is 0.113 e. The van der Waals surface area contributed by atoms with Crippen molar-refractivity contribution in [3.8, 4) is 5.69 Å². The van der Waals surface area contributed by atoms with Gasteiger partial charge in [0.15, 0.2) is 0 Å². The van der Waals surface area contributed by atoms with E-state index in [-0.39, 0.29) is 0 Å². The highest BCUT2D eigenvalue weighted by molar-refractivity contribution is 6.32. The summed E-state index contributed by atoms with van der Waals surface area (Å²) in [6, 6.07) is 7.82. The van der Waals surface area contributed by atoms with Crippen molar-refractivity contribution in [2.45, 2.75) is 39.0 Å². The van der Waals surface area contributed by atoms with Gasteiger partial charge in [-0.2, -0.15) is 0 Å². The van der Waals surface area contributed by atoms with Crippen LogP contribution in [0.4, 0.5) is 0 Å². The number of aryl methyl sites for hydroxylation is 2. The van der Waals surface area contributed by atoms with Gasteiger partial charge < -0.3 is 0 Å². The molecule has 2 rings (SSSR count). The zero-order valence-electron chi connectivity index (χ0n) is 11.3. The number of hydrogen-bond acceptors (Lipinski definition) is 1. The number of unbranched alkanes of at least 4 members (excludes halogenated alkanes) is 1. The normalized spacial score (nSPS) is 10.9. The second-order valence-electron chi connectivity index (χ2n) is 4.58. The monoisotopic (exact) mass is 296 g/mol. The van der Waals surface area contributed by atoms with Crippen molar-refractivity contribution in [2.24, 2.45) is 0 Å². The number of nitrogens with zero attached hydrogens (tertiary/aromatic N) is 2. The maximum atomic E-state index is 6.31. The summed E-state index contributed by atoms with van der Waals surface area (Å²) in [4.78, 5) is 4.66. The third kappa shape index (κ3) is 2.96. The molecule has 2 aromatic rings. The van der Waals surface area contributed by atoms with Crippen molar-refractivity contribution in [1.82, 2.24) is 9.55 Å².